The molecule has 0 aliphatic carbocycles. The quantitative estimate of drug-likeness (QED) is 0.874. The Balaban J connectivity index is 2.18. The van der Waals surface area contributed by atoms with E-state index in [4.69, 9.17) is 0 Å². The Morgan fingerprint density at radius 2 is 2.21 bits per heavy atom. The molecule has 1 aliphatic rings. The monoisotopic (exact) mass is 300 g/mol. The van der Waals surface area contributed by atoms with Gasteiger partial charge in [0.25, 0.3) is 0 Å². The van der Waals surface area contributed by atoms with Crippen molar-refractivity contribution in [3.05, 3.63) is 11.9 Å². The SMILES string of the molecule is CCCNC(c1cnnn1C)C1SCCSC1CC. The Bertz CT molecular complexity index is 382. The summed E-state index contributed by atoms with van der Waals surface area (Å²) in [6.07, 6.45) is 4.31. The van der Waals surface area contributed by atoms with Gasteiger partial charge >= 0.3 is 0 Å². The van der Waals surface area contributed by atoms with Crippen molar-refractivity contribution in [3.8, 4) is 0 Å². The average Bonchev–Trinajstić information content (AvgIpc) is 2.86. The molecule has 1 aliphatic heterocycles. The second-order valence-electron chi connectivity index (χ2n) is 4.87. The summed E-state index contributed by atoms with van der Waals surface area (Å²) in [6, 6.07) is 0.364. The van der Waals surface area contributed by atoms with Crippen LogP contribution in [0.2, 0.25) is 0 Å². The van der Waals surface area contributed by atoms with Gasteiger partial charge in [0.15, 0.2) is 0 Å². The fourth-order valence-electron chi connectivity index (χ4n) is 2.51. The zero-order chi connectivity index (χ0) is 13.7. The largest absolute Gasteiger partial charge is 0.308 e. The first-order valence-corrected chi connectivity index (χ1v) is 9.18. The number of thioether (sulfide) groups is 2. The highest BCUT2D eigenvalue weighted by atomic mass is 32.2. The summed E-state index contributed by atoms with van der Waals surface area (Å²) in [7, 11) is 1.99. The molecule has 0 amide bonds. The molecule has 2 heterocycles. The first-order chi connectivity index (χ1) is 9.27. The van der Waals surface area contributed by atoms with Crippen molar-refractivity contribution in [3.63, 3.8) is 0 Å². The fraction of sp³-hybridized carbons (Fsp3) is 0.846. The Hall–Kier alpha value is -0.200. The number of rotatable bonds is 6. The molecule has 0 aromatic carbocycles. The molecule has 4 nitrogen and oxygen atoms in total. The molecule has 0 radical (unpaired) electrons. The van der Waals surface area contributed by atoms with E-state index in [1.54, 1.807) is 0 Å². The van der Waals surface area contributed by atoms with Gasteiger partial charge in [0.05, 0.1) is 17.9 Å². The molecule has 0 bridgehead atoms. The standard InChI is InChI=1S/C13H24N4S2/c1-4-6-14-12(10-9-15-16-17(10)3)13-11(5-2)18-7-8-19-13/h9,11-14H,4-8H2,1-3H3. The minimum Gasteiger partial charge on any atom is -0.308 e. The molecular weight excluding hydrogens is 276 g/mol. The normalized spacial score (nSPS) is 25.4. The number of nitrogens with one attached hydrogen (secondary N) is 1. The van der Waals surface area contributed by atoms with Crippen LogP contribution in [0, 0.1) is 0 Å². The molecule has 2 rings (SSSR count). The van der Waals surface area contributed by atoms with E-state index in [9.17, 15) is 0 Å². The molecule has 1 saturated heterocycles. The molecule has 1 N–H and O–H groups in total. The second kappa shape index (κ2) is 7.55. The number of aryl methyl sites for hydroxylation is 1. The average molecular weight is 300 g/mol. The molecule has 108 valence electrons. The van der Waals surface area contributed by atoms with E-state index in [1.165, 1.54) is 23.6 Å². The maximum Gasteiger partial charge on any atom is 0.0764 e. The molecule has 1 aromatic heterocycles. The summed E-state index contributed by atoms with van der Waals surface area (Å²) in [5.41, 5.74) is 1.21. The van der Waals surface area contributed by atoms with Crippen molar-refractivity contribution >= 4 is 23.5 Å². The Kier molecular flexibility index (Phi) is 6.04. The fourth-order valence-corrected chi connectivity index (χ4v) is 5.75. The van der Waals surface area contributed by atoms with Gasteiger partial charge in [-0.2, -0.15) is 23.5 Å². The van der Waals surface area contributed by atoms with Crippen LogP contribution >= 0.6 is 23.5 Å². The second-order valence-corrected chi connectivity index (χ2v) is 7.50. The van der Waals surface area contributed by atoms with Gasteiger partial charge in [-0.05, 0) is 19.4 Å². The molecule has 0 saturated carbocycles. The van der Waals surface area contributed by atoms with Crippen molar-refractivity contribution < 1.29 is 0 Å². The van der Waals surface area contributed by atoms with Gasteiger partial charge in [-0.1, -0.05) is 19.1 Å². The molecule has 6 heteroatoms. The van der Waals surface area contributed by atoms with Gasteiger partial charge in [-0.25, -0.2) is 0 Å². The molecular formula is C13H24N4S2. The number of hydrogen-bond donors (Lipinski definition) is 1. The lowest BCUT2D eigenvalue weighted by molar-refractivity contribution is 0.467. The Labute approximate surface area is 124 Å². The van der Waals surface area contributed by atoms with Crippen LogP contribution < -0.4 is 5.32 Å². The molecule has 1 aromatic rings. The van der Waals surface area contributed by atoms with Crippen LogP contribution in [0.4, 0.5) is 0 Å². The van der Waals surface area contributed by atoms with E-state index in [1.807, 2.05) is 17.9 Å². The van der Waals surface area contributed by atoms with E-state index < -0.39 is 0 Å². The van der Waals surface area contributed by atoms with Gasteiger partial charge in [-0.3, -0.25) is 4.68 Å². The Morgan fingerprint density at radius 1 is 1.42 bits per heavy atom. The van der Waals surface area contributed by atoms with Gasteiger partial charge < -0.3 is 5.32 Å². The molecule has 3 unspecified atom stereocenters. The zero-order valence-electron chi connectivity index (χ0n) is 12.0. The lowest BCUT2D eigenvalue weighted by Crippen LogP contribution is -2.40. The van der Waals surface area contributed by atoms with E-state index >= 15 is 0 Å². The van der Waals surface area contributed by atoms with Crippen molar-refractivity contribution in [2.45, 2.75) is 43.2 Å². The van der Waals surface area contributed by atoms with Crippen LogP contribution in [-0.4, -0.2) is 43.5 Å². The van der Waals surface area contributed by atoms with Gasteiger partial charge in [0.2, 0.25) is 0 Å². The summed E-state index contributed by atoms with van der Waals surface area (Å²) >= 11 is 4.23. The molecule has 0 spiro atoms. The predicted molar refractivity (Wildman–Crippen MR) is 84.8 cm³/mol. The minimum absolute atomic E-state index is 0.364. The summed E-state index contributed by atoms with van der Waals surface area (Å²) in [5, 5.41) is 13.2. The first kappa shape index (κ1) is 15.2. The maximum absolute atomic E-state index is 4.10. The van der Waals surface area contributed by atoms with E-state index in [2.05, 4.69) is 53.0 Å². The third kappa shape index (κ3) is 3.67. The van der Waals surface area contributed by atoms with Gasteiger partial charge in [0.1, 0.15) is 0 Å². The van der Waals surface area contributed by atoms with E-state index in [0.717, 1.165) is 18.2 Å². The molecule has 3 atom stereocenters. The van der Waals surface area contributed by atoms with Crippen LogP contribution in [0.1, 0.15) is 38.4 Å². The lowest BCUT2D eigenvalue weighted by atomic mass is 10.1. The molecule has 1 fully saturated rings. The minimum atomic E-state index is 0.364. The number of hydrogen-bond acceptors (Lipinski definition) is 5. The summed E-state index contributed by atoms with van der Waals surface area (Å²) in [4.78, 5) is 0. The topological polar surface area (TPSA) is 42.7 Å². The van der Waals surface area contributed by atoms with E-state index in [-0.39, 0.29) is 0 Å². The summed E-state index contributed by atoms with van der Waals surface area (Å²) in [6.45, 7) is 5.56. The Morgan fingerprint density at radius 3 is 2.84 bits per heavy atom. The van der Waals surface area contributed by atoms with Gasteiger partial charge in [-0.15, -0.1) is 5.10 Å². The van der Waals surface area contributed by atoms with Crippen LogP contribution in [0.15, 0.2) is 6.20 Å². The highest BCUT2D eigenvalue weighted by Gasteiger charge is 2.34. The first-order valence-electron chi connectivity index (χ1n) is 7.09. The van der Waals surface area contributed by atoms with Crippen molar-refractivity contribution in [2.24, 2.45) is 7.05 Å². The van der Waals surface area contributed by atoms with Gasteiger partial charge in [0, 0.05) is 29.1 Å². The number of nitrogens with zero attached hydrogens (tertiary/aromatic N) is 3. The zero-order valence-corrected chi connectivity index (χ0v) is 13.6. The highest BCUT2D eigenvalue weighted by Crippen LogP contribution is 2.39. The van der Waals surface area contributed by atoms with E-state index in [0.29, 0.717) is 11.3 Å². The third-order valence-electron chi connectivity index (χ3n) is 3.51. The number of aromatic nitrogens is 3. The third-order valence-corrected chi connectivity index (χ3v) is 6.86. The van der Waals surface area contributed by atoms with Crippen molar-refractivity contribution in [2.75, 3.05) is 18.1 Å². The maximum atomic E-state index is 4.10. The summed E-state index contributed by atoms with van der Waals surface area (Å²) in [5.74, 6) is 2.53. The summed E-state index contributed by atoms with van der Waals surface area (Å²) < 4.78 is 1.92. The van der Waals surface area contributed by atoms with Crippen molar-refractivity contribution in [1.82, 2.24) is 20.3 Å². The lowest BCUT2D eigenvalue weighted by Gasteiger charge is -2.36. The van der Waals surface area contributed by atoms with Crippen LogP contribution in [-0.2, 0) is 7.05 Å². The smallest absolute Gasteiger partial charge is 0.0764 e. The predicted octanol–water partition coefficient (Wildman–Crippen LogP) is 2.48. The van der Waals surface area contributed by atoms with Crippen LogP contribution in [0.5, 0.6) is 0 Å². The molecule has 19 heavy (non-hydrogen) atoms. The highest BCUT2D eigenvalue weighted by molar-refractivity contribution is 8.07. The van der Waals surface area contributed by atoms with Crippen LogP contribution in [0.25, 0.3) is 0 Å². The van der Waals surface area contributed by atoms with Crippen LogP contribution in [0.3, 0.4) is 0 Å². The van der Waals surface area contributed by atoms with Crippen molar-refractivity contribution in [1.29, 1.82) is 0 Å².